The van der Waals surface area contributed by atoms with Gasteiger partial charge < -0.3 is 19.6 Å². The molecule has 0 aromatic heterocycles. The molecule has 0 aromatic rings. The van der Waals surface area contributed by atoms with Crippen molar-refractivity contribution in [3.63, 3.8) is 0 Å². The molecule has 6 heteroatoms. The van der Waals surface area contributed by atoms with Crippen molar-refractivity contribution >= 4 is 12.0 Å². The smallest absolute Gasteiger partial charge is 0.319 e. The van der Waals surface area contributed by atoms with Crippen LogP contribution in [0.25, 0.3) is 0 Å². The third kappa shape index (κ3) is 3.48. The van der Waals surface area contributed by atoms with Crippen LogP contribution in [-0.4, -0.2) is 66.8 Å². The van der Waals surface area contributed by atoms with Crippen LogP contribution in [0.5, 0.6) is 0 Å². The van der Waals surface area contributed by atoms with Crippen LogP contribution >= 0.6 is 0 Å². The highest BCUT2D eigenvalue weighted by Crippen LogP contribution is 2.34. The zero-order chi connectivity index (χ0) is 15.5. The van der Waals surface area contributed by atoms with Crippen LogP contribution in [0.15, 0.2) is 0 Å². The Hall–Kier alpha value is -1.30. The van der Waals surface area contributed by atoms with Crippen molar-refractivity contribution in [1.29, 1.82) is 0 Å². The number of carboxylic acid groups (broad SMARTS) is 1. The lowest BCUT2D eigenvalue weighted by atomic mass is 9.84. The highest BCUT2D eigenvalue weighted by Gasteiger charge is 2.45. The van der Waals surface area contributed by atoms with Gasteiger partial charge >= 0.3 is 12.0 Å². The Labute approximate surface area is 126 Å². The molecular formula is C15H26N2O4. The Bertz CT molecular complexity index is 395. The highest BCUT2D eigenvalue weighted by molar-refractivity contribution is 5.79. The number of nitrogens with zero attached hydrogens (tertiary/aromatic N) is 2. The summed E-state index contributed by atoms with van der Waals surface area (Å²) in [6.07, 6.45) is 3.10. The van der Waals surface area contributed by atoms with E-state index >= 15 is 0 Å². The molecule has 0 aromatic carbocycles. The van der Waals surface area contributed by atoms with Gasteiger partial charge in [-0.3, -0.25) is 4.79 Å². The largest absolute Gasteiger partial charge is 0.481 e. The van der Waals surface area contributed by atoms with E-state index in [2.05, 4.69) is 0 Å². The van der Waals surface area contributed by atoms with E-state index in [1.165, 1.54) is 0 Å². The second-order valence-corrected chi connectivity index (χ2v) is 6.33. The van der Waals surface area contributed by atoms with Crippen LogP contribution in [0.1, 0.15) is 32.6 Å². The van der Waals surface area contributed by atoms with Crippen LogP contribution in [-0.2, 0) is 9.53 Å². The number of ether oxygens (including phenoxy) is 1. The normalized spacial score (nSPS) is 26.9. The molecule has 0 aliphatic carbocycles. The summed E-state index contributed by atoms with van der Waals surface area (Å²) < 4.78 is 5.33. The number of hydrogen-bond acceptors (Lipinski definition) is 3. The molecule has 6 nitrogen and oxygen atoms in total. The molecule has 21 heavy (non-hydrogen) atoms. The van der Waals surface area contributed by atoms with E-state index < -0.39 is 11.4 Å². The van der Waals surface area contributed by atoms with Gasteiger partial charge in [-0.15, -0.1) is 0 Å². The number of hydrogen-bond donors (Lipinski definition) is 1. The van der Waals surface area contributed by atoms with Gasteiger partial charge in [0.25, 0.3) is 0 Å². The van der Waals surface area contributed by atoms with Gasteiger partial charge in [-0.05, 0) is 31.6 Å². The van der Waals surface area contributed by atoms with E-state index in [1.807, 2.05) is 14.0 Å². The fourth-order valence-electron chi connectivity index (χ4n) is 3.29. The van der Waals surface area contributed by atoms with Gasteiger partial charge in [0.2, 0.25) is 0 Å². The van der Waals surface area contributed by atoms with Crippen molar-refractivity contribution in [3.8, 4) is 0 Å². The lowest BCUT2D eigenvalue weighted by Crippen LogP contribution is -2.44. The van der Waals surface area contributed by atoms with Crippen LogP contribution in [0.4, 0.5) is 4.79 Å². The number of rotatable bonds is 4. The molecule has 2 fully saturated rings. The molecule has 2 aliphatic rings. The fraction of sp³-hybridized carbons (Fsp3) is 0.867. The summed E-state index contributed by atoms with van der Waals surface area (Å²) in [5, 5.41) is 9.40. The molecule has 120 valence electrons. The minimum Gasteiger partial charge on any atom is -0.481 e. The summed E-state index contributed by atoms with van der Waals surface area (Å²) in [6, 6.07) is -0.0435. The molecule has 2 saturated heterocycles. The quantitative estimate of drug-likeness (QED) is 0.857. The minimum absolute atomic E-state index is 0.0435. The molecular weight excluding hydrogens is 272 g/mol. The summed E-state index contributed by atoms with van der Waals surface area (Å²) in [6.45, 7) is 5.02. The second kappa shape index (κ2) is 6.64. The van der Waals surface area contributed by atoms with E-state index in [-0.39, 0.29) is 6.03 Å². The average Bonchev–Trinajstić information content (AvgIpc) is 2.93. The number of carboxylic acids is 1. The first kappa shape index (κ1) is 16.1. The van der Waals surface area contributed by atoms with Crippen molar-refractivity contribution in [2.75, 3.05) is 39.9 Å². The predicted octanol–water partition coefficient (Wildman–Crippen LogP) is 1.65. The highest BCUT2D eigenvalue weighted by atomic mass is 16.5. The van der Waals surface area contributed by atoms with E-state index in [1.54, 1.807) is 9.80 Å². The van der Waals surface area contributed by atoms with Crippen molar-refractivity contribution < 1.29 is 19.4 Å². The molecule has 2 amide bonds. The van der Waals surface area contributed by atoms with Gasteiger partial charge in [0.15, 0.2) is 0 Å². The summed E-state index contributed by atoms with van der Waals surface area (Å²) >= 11 is 0. The maximum Gasteiger partial charge on any atom is 0.319 e. The molecule has 0 radical (unpaired) electrons. The molecule has 1 N–H and O–H groups in total. The average molecular weight is 298 g/mol. The van der Waals surface area contributed by atoms with Crippen molar-refractivity contribution in [2.45, 2.75) is 32.6 Å². The van der Waals surface area contributed by atoms with Crippen molar-refractivity contribution in [2.24, 2.45) is 11.3 Å². The second-order valence-electron chi connectivity index (χ2n) is 6.33. The first-order chi connectivity index (χ1) is 9.98. The number of carbonyl (C=O) groups is 2. The SMILES string of the molecule is CCC1(C(=O)O)CCN(C(=O)N(C)CC2CCOCC2)C1. The molecule has 1 unspecified atom stereocenters. The Morgan fingerprint density at radius 3 is 2.57 bits per heavy atom. The Balaban J connectivity index is 1.89. The monoisotopic (exact) mass is 298 g/mol. The Morgan fingerprint density at radius 1 is 1.38 bits per heavy atom. The van der Waals surface area contributed by atoms with Gasteiger partial charge in [0.05, 0.1) is 5.41 Å². The van der Waals surface area contributed by atoms with E-state index in [4.69, 9.17) is 4.74 Å². The number of urea groups is 1. The van der Waals surface area contributed by atoms with Crippen molar-refractivity contribution in [3.05, 3.63) is 0 Å². The first-order valence-corrected chi connectivity index (χ1v) is 7.79. The van der Waals surface area contributed by atoms with Crippen LogP contribution in [0.3, 0.4) is 0 Å². The summed E-state index contributed by atoms with van der Waals surface area (Å²) in [7, 11) is 1.81. The number of aliphatic carboxylic acids is 1. The molecule has 2 heterocycles. The van der Waals surface area contributed by atoms with Gasteiger partial charge in [0.1, 0.15) is 0 Å². The topological polar surface area (TPSA) is 70.1 Å². The molecule has 0 spiro atoms. The summed E-state index contributed by atoms with van der Waals surface area (Å²) in [4.78, 5) is 27.3. The van der Waals surface area contributed by atoms with Gasteiger partial charge in [-0.25, -0.2) is 4.79 Å². The van der Waals surface area contributed by atoms with Gasteiger partial charge in [-0.2, -0.15) is 0 Å². The third-order valence-corrected chi connectivity index (χ3v) is 4.95. The molecule has 2 rings (SSSR count). The Morgan fingerprint density at radius 2 is 2.05 bits per heavy atom. The van der Waals surface area contributed by atoms with E-state index in [0.29, 0.717) is 31.8 Å². The number of likely N-dealkylation sites (tertiary alicyclic amines) is 1. The zero-order valence-electron chi connectivity index (χ0n) is 13.0. The fourth-order valence-corrected chi connectivity index (χ4v) is 3.29. The molecule has 0 saturated carbocycles. The lowest BCUT2D eigenvalue weighted by Gasteiger charge is -2.30. The lowest BCUT2D eigenvalue weighted by molar-refractivity contribution is -0.148. The predicted molar refractivity (Wildman–Crippen MR) is 78.1 cm³/mol. The third-order valence-electron chi connectivity index (χ3n) is 4.95. The van der Waals surface area contributed by atoms with E-state index in [0.717, 1.165) is 32.6 Å². The maximum absolute atomic E-state index is 12.5. The standard InChI is InChI=1S/C15H26N2O4/c1-3-15(13(18)19)6-7-17(11-15)14(20)16(2)10-12-4-8-21-9-5-12/h12H,3-11H2,1-2H3,(H,18,19). The zero-order valence-corrected chi connectivity index (χ0v) is 13.0. The number of amides is 2. The number of carbonyl (C=O) groups excluding carboxylic acids is 1. The summed E-state index contributed by atoms with van der Waals surface area (Å²) in [5.41, 5.74) is -0.755. The van der Waals surface area contributed by atoms with Crippen LogP contribution < -0.4 is 0 Å². The molecule has 2 aliphatic heterocycles. The first-order valence-electron chi connectivity index (χ1n) is 7.79. The van der Waals surface area contributed by atoms with Crippen LogP contribution in [0, 0.1) is 11.3 Å². The Kier molecular flexibility index (Phi) is 5.08. The van der Waals surface area contributed by atoms with Gasteiger partial charge in [-0.1, -0.05) is 6.92 Å². The molecule has 0 bridgehead atoms. The van der Waals surface area contributed by atoms with Crippen LogP contribution in [0.2, 0.25) is 0 Å². The van der Waals surface area contributed by atoms with E-state index in [9.17, 15) is 14.7 Å². The van der Waals surface area contributed by atoms with Gasteiger partial charge in [0, 0.05) is 39.9 Å². The minimum atomic E-state index is -0.785. The maximum atomic E-state index is 12.5. The molecule has 1 atom stereocenters. The summed E-state index contributed by atoms with van der Waals surface area (Å²) in [5.74, 6) is -0.293. The van der Waals surface area contributed by atoms with Crippen molar-refractivity contribution in [1.82, 2.24) is 9.80 Å².